The molecule has 2 aliphatic heterocycles. The number of carbonyl (C=O) groups is 3. The summed E-state index contributed by atoms with van der Waals surface area (Å²) in [5.41, 5.74) is 5.13. The zero-order chi connectivity index (χ0) is 37.0. The predicted octanol–water partition coefficient (Wildman–Crippen LogP) is 1.14. The van der Waals surface area contributed by atoms with E-state index in [1.165, 1.54) is 43.3 Å². The van der Waals surface area contributed by atoms with Crippen molar-refractivity contribution < 1.29 is 71.4 Å². The number of carbonyl (C=O) groups excluding carboxylic acids is 3. The zero-order valence-corrected chi connectivity index (χ0v) is 33.5. The molecule has 0 saturated heterocycles. The topological polar surface area (TPSA) is 237 Å². The molecule has 4 aromatic rings. The molecule has 0 aliphatic carbocycles. The number of aliphatic hydroxyl groups excluding tert-OH is 1. The van der Waals surface area contributed by atoms with Gasteiger partial charge in [0.15, 0.2) is 11.6 Å². The van der Waals surface area contributed by atoms with E-state index in [9.17, 15) is 31.2 Å². The number of halogens is 2. The van der Waals surface area contributed by atoms with E-state index >= 15 is 0 Å². The van der Waals surface area contributed by atoms with Gasteiger partial charge in [-0.25, -0.2) is 27.1 Å². The van der Waals surface area contributed by atoms with Gasteiger partial charge in [0.1, 0.15) is 9.79 Å². The third-order valence-electron chi connectivity index (χ3n) is 7.69. The van der Waals surface area contributed by atoms with E-state index in [2.05, 4.69) is 5.32 Å². The van der Waals surface area contributed by atoms with Crippen molar-refractivity contribution in [2.24, 2.45) is 10.3 Å². The fraction of sp³-hybridized carbons (Fsp3) is 0.206. The first-order chi connectivity index (χ1) is 23.5. The molecule has 0 aromatic heterocycles. The van der Waals surface area contributed by atoms with Crippen molar-refractivity contribution >= 4 is 72.1 Å². The second-order valence-corrected chi connectivity index (χ2v) is 15.0. The van der Waals surface area contributed by atoms with Crippen molar-refractivity contribution in [2.45, 2.75) is 36.5 Å². The maximum Gasteiger partial charge on any atom is 1.00 e. The van der Waals surface area contributed by atoms with Crippen LogP contribution < -0.4 is 50.1 Å². The minimum atomic E-state index is -4.03. The number of nitrogens with one attached hydrogen (secondary N) is 1. The molecular weight excluding hydrogens is 766 g/mol. The molecule has 2 aliphatic rings. The first-order valence-corrected chi connectivity index (χ1v) is 18.9. The van der Waals surface area contributed by atoms with E-state index in [0.717, 1.165) is 35.5 Å². The predicted molar refractivity (Wildman–Crippen MR) is 194 cm³/mol. The van der Waals surface area contributed by atoms with Crippen molar-refractivity contribution in [3.8, 4) is 0 Å². The Morgan fingerprint density at radius 3 is 1.63 bits per heavy atom. The van der Waals surface area contributed by atoms with Crippen molar-refractivity contribution in [2.75, 3.05) is 29.9 Å². The first kappa shape index (κ1) is 45.0. The molecule has 18 heteroatoms. The summed E-state index contributed by atoms with van der Waals surface area (Å²) in [5, 5.41) is 21.0. The van der Waals surface area contributed by atoms with Crippen LogP contribution in [0.15, 0.2) is 82.6 Å². The Bertz CT molecular complexity index is 2220. The zero-order valence-electron chi connectivity index (χ0n) is 28.4. The number of benzene rings is 4. The molecule has 0 fully saturated rings. The number of amides is 1. The third kappa shape index (κ3) is 10.7. The molecule has 7 N–H and O–H groups in total. The molecule has 52 heavy (non-hydrogen) atoms. The standard InChI is InChI=1S/C17H15ClN2O4S.C15H13ClN2O3S.C2H6O.Na.H2O/c1-10(21)20-7-6-11-8-12(3-5-15(11)20)17(22)13-2-4-14(18)16(9-13)25(19,23)24;16-12-3-1-11(8-14(12)22(17,20)21)15(19)10-2-4-13-9(7-10)5-6-18-13;1-2-3;;/h2-5,8-9H,6-7H2,1H3,(H2,19,23,24);1-4,7-8,18H,5-6H2,(H2,17,20,21);3H,2H2,1H3;;1H2/q;;;+1;/p-1. The molecule has 0 spiro atoms. The SMILES string of the molecule is CC(=O)N1CCc2cc(C(=O)c3ccc(Cl)c(S(N)(=O)=O)c3)ccc21.CCO.NS(=O)(=O)c1cc(C(=O)c2ccc3c(c2)CCN3)ccc1Cl.[Na+].[OH-]. The minimum Gasteiger partial charge on any atom is -0.870 e. The van der Waals surface area contributed by atoms with E-state index in [0.29, 0.717) is 24.1 Å². The Hall–Kier alpha value is -3.19. The molecule has 0 saturated carbocycles. The summed E-state index contributed by atoms with van der Waals surface area (Å²) in [4.78, 5) is 37.9. The molecule has 0 bridgehead atoms. The summed E-state index contributed by atoms with van der Waals surface area (Å²) < 4.78 is 46.1. The molecule has 2 heterocycles. The molecule has 6 rings (SSSR count). The normalized spacial score (nSPS) is 12.6. The van der Waals surface area contributed by atoms with Crippen LogP contribution in [0.4, 0.5) is 11.4 Å². The van der Waals surface area contributed by atoms with Gasteiger partial charge in [-0.05, 0) is 104 Å². The van der Waals surface area contributed by atoms with E-state index in [1.54, 1.807) is 36.1 Å². The van der Waals surface area contributed by atoms with Crippen LogP contribution >= 0.6 is 23.2 Å². The van der Waals surface area contributed by atoms with Crippen molar-refractivity contribution in [3.63, 3.8) is 0 Å². The number of hydrogen-bond acceptors (Lipinski definition) is 10. The molecule has 0 unspecified atom stereocenters. The monoisotopic (exact) mass is 800 g/mol. The Labute approximate surface area is 334 Å². The van der Waals surface area contributed by atoms with Gasteiger partial charge in [-0.1, -0.05) is 23.2 Å². The van der Waals surface area contributed by atoms with Crippen LogP contribution in [0.1, 0.15) is 56.8 Å². The molecule has 0 atom stereocenters. The van der Waals surface area contributed by atoms with Crippen LogP contribution in [0.25, 0.3) is 0 Å². The average Bonchev–Trinajstić information content (AvgIpc) is 3.71. The Balaban J connectivity index is 0.000000325. The number of anilines is 2. The van der Waals surface area contributed by atoms with Gasteiger partial charge in [0.25, 0.3) is 0 Å². The van der Waals surface area contributed by atoms with Gasteiger partial charge >= 0.3 is 29.6 Å². The number of rotatable bonds is 6. The average molecular weight is 802 g/mol. The quantitative estimate of drug-likeness (QED) is 0.160. The van der Waals surface area contributed by atoms with E-state index in [4.69, 9.17) is 38.6 Å². The Morgan fingerprint density at radius 1 is 0.750 bits per heavy atom. The number of primary sulfonamides is 2. The van der Waals surface area contributed by atoms with Crippen molar-refractivity contribution in [1.82, 2.24) is 0 Å². The van der Waals surface area contributed by atoms with Crippen molar-refractivity contribution in [1.29, 1.82) is 0 Å². The van der Waals surface area contributed by atoms with Gasteiger partial charge in [-0.2, -0.15) is 0 Å². The van der Waals surface area contributed by atoms with Crippen LogP contribution in [-0.4, -0.2) is 64.6 Å². The number of fused-ring (bicyclic) bond motifs is 2. The summed E-state index contributed by atoms with van der Waals surface area (Å²) in [6, 6.07) is 18.5. The van der Waals surface area contributed by atoms with Crippen LogP contribution in [0.3, 0.4) is 0 Å². The van der Waals surface area contributed by atoms with E-state index < -0.39 is 20.0 Å². The second kappa shape index (κ2) is 18.7. The molecule has 1 amide bonds. The maximum atomic E-state index is 12.7. The van der Waals surface area contributed by atoms with Crippen LogP contribution in [0, 0.1) is 0 Å². The van der Waals surface area contributed by atoms with Crippen molar-refractivity contribution in [3.05, 3.63) is 116 Å². The molecule has 0 radical (unpaired) electrons. The fourth-order valence-electron chi connectivity index (χ4n) is 5.37. The first-order valence-electron chi connectivity index (χ1n) is 15.1. The van der Waals surface area contributed by atoms with Crippen LogP contribution in [-0.2, 0) is 37.7 Å². The molecular formula is C34H35Cl2N4NaO9S2. The van der Waals surface area contributed by atoms with Gasteiger partial charge in [-0.3, -0.25) is 14.4 Å². The summed E-state index contributed by atoms with van der Waals surface area (Å²) in [6.45, 7) is 4.86. The smallest absolute Gasteiger partial charge is 0.870 e. The summed E-state index contributed by atoms with van der Waals surface area (Å²) >= 11 is 11.7. The fourth-order valence-corrected chi connectivity index (χ4v) is 7.52. The second-order valence-electron chi connectivity index (χ2n) is 11.2. The largest absolute Gasteiger partial charge is 1.00 e. The molecule has 13 nitrogen and oxygen atoms in total. The van der Waals surface area contributed by atoms with Crippen LogP contribution in [0.2, 0.25) is 10.0 Å². The van der Waals surface area contributed by atoms with Gasteiger partial charge in [0.05, 0.1) is 10.0 Å². The van der Waals surface area contributed by atoms with E-state index in [1.807, 2.05) is 12.1 Å². The Kier molecular flexibility index (Phi) is 16.2. The van der Waals surface area contributed by atoms with E-state index in [-0.39, 0.29) is 90.1 Å². The third-order valence-corrected chi connectivity index (χ3v) is 10.5. The number of nitrogens with zero attached hydrogens (tertiary/aromatic N) is 1. The van der Waals surface area contributed by atoms with Gasteiger partial charge < -0.3 is 20.8 Å². The van der Waals surface area contributed by atoms with Gasteiger partial charge in [0, 0.05) is 60.2 Å². The van der Waals surface area contributed by atoms with Crippen LogP contribution in [0.5, 0.6) is 0 Å². The Morgan fingerprint density at radius 2 is 1.17 bits per heavy atom. The number of aliphatic hydroxyl groups is 1. The number of nitrogens with two attached hydrogens (primary N) is 2. The maximum absolute atomic E-state index is 12.7. The number of ketones is 2. The summed E-state index contributed by atoms with van der Waals surface area (Å²) in [5.74, 6) is -0.657. The van der Waals surface area contributed by atoms with Gasteiger partial charge in [-0.15, -0.1) is 0 Å². The minimum absolute atomic E-state index is 0. The molecule has 4 aromatic carbocycles. The summed E-state index contributed by atoms with van der Waals surface area (Å²) in [6.07, 6.45) is 1.53. The number of sulfonamides is 2. The molecule has 272 valence electrons. The summed E-state index contributed by atoms with van der Waals surface area (Å²) in [7, 11) is -8.00. The van der Waals surface area contributed by atoms with Gasteiger partial charge in [0.2, 0.25) is 26.0 Å². The number of hydrogen-bond donors (Lipinski definition) is 4.